The Morgan fingerprint density at radius 3 is 3.05 bits per heavy atom. The van der Waals surface area contributed by atoms with Gasteiger partial charge in [0.2, 0.25) is 0 Å². The standard InChI is InChI=1S/C14H22N4OS/c1-10(2)18(3)7-4-6-15-9-12-16-11-5-8-20-13(11)14(19)17-12/h5,8,10,15H,4,6-7,9H2,1-3H3,(H,16,17,19). The summed E-state index contributed by atoms with van der Waals surface area (Å²) in [5.41, 5.74) is 0.747. The normalized spacial score (nSPS) is 11.8. The lowest BCUT2D eigenvalue weighted by atomic mass is 10.3. The Hall–Kier alpha value is -1.24. The third-order valence-electron chi connectivity index (χ3n) is 3.40. The maximum atomic E-state index is 11.8. The van der Waals surface area contributed by atoms with Gasteiger partial charge in [-0.2, -0.15) is 0 Å². The van der Waals surface area contributed by atoms with Crippen molar-refractivity contribution in [1.82, 2.24) is 20.2 Å². The molecule has 2 N–H and O–H groups in total. The topological polar surface area (TPSA) is 61.0 Å². The average molecular weight is 294 g/mol. The summed E-state index contributed by atoms with van der Waals surface area (Å²) >= 11 is 1.43. The highest BCUT2D eigenvalue weighted by molar-refractivity contribution is 7.17. The highest BCUT2D eigenvalue weighted by Gasteiger charge is 2.05. The highest BCUT2D eigenvalue weighted by Crippen LogP contribution is 2.13. The second-order valence-electron chi connectivity index (χ2n) is 5.25. The summed E-state index contributed by atoms with van der Waals surface area (Å²) in [4.78, 5) is 21.4. The van der Waals surface area contributed by atoms with E-state index in [9.17, 15) is 4.79 Å². The van der Waals surface area contributed by atoms with Crippen LogP contribution in [0.4, 0.5) is 0 Å². The number of hydrogen-bond donors (Lipinski definition) is 2. The van der Waals surface area contributed by atoms with E-state index in [1.54, 1.807) is 0 Å². The predicted octanol–water partition coefficient (Wildman–Crippen LogP) is 1.80. The Morgan fingerprint density at radius 1 is 1.50 bits per heavy atom. The molecule has 5 nitrogen and oxygen atoms in total. The first kappa shape index (κ1) is 15.2. The van der Waals surface area contributed by atoms with Gasteiger partial charge < -0.3 is 15.2 Å². The average Bonchev–Trinajstić information content (AvgIpc) is 2.86. The highest BCUT2D eigenvalue weighted by atomic mass is 32.1. The maximum absolute atomic E-state index is 11.8. The van der Waals surface area contributed by atoms with Gasteiger partial charge in [0.05, 0.1) is 12.1 Å². The van der Waals surface area contributed by atoms with Crippen LogP contribution in [0.15, 0.2) is 16.2 Å². The molecule has 2 aromatic rings. The molecule has 0 fully saturated rings. The molecule has 110 valence electrons. The SMILES string of the molecule is CC(C)N(C)CCCNCc1nc2ccsc2c(=O)[nH]1. The number of aromatic nitrogens is 2. The number of aromatic amines is 1. The molecule has 2 heterocycles. The van der Waals surface area contributed by atoms with Gasteiger partial charge in [-0.25, -0.2) is 4.98 Å². The van der Waals surface area contributed by atoms with Crippen LogP contribution in [0.2, 0.25) is 0 Å². The van der Waals surface area contributed by atoms with E-state index in [1.165, 1.54) is 11.3 Å². The third-order valence-corrected chi connectivity index (χ3v) is 4.30. The molecule has 0 amide bonds. The van der Waals surface area contributed by atoms with E-state index in [0.29, 0.717) is 23.1 Å². The predicted molar refractivity (Wildman–Crippen MR) is 84.3 cm³/mol. The molecule has 2 rings (SSSR count). The largest absolute Gasteiger partial charge is 0.310 e. The van der Waals surface area contributed by atoms with E-state index in [-0.39, 0.29) is 5.56 Å². The molecule has 0 aliphatic rings. The molecule has 0 radical (unpaired) electrons. The van der Waals surface area contributed by atoms with Crippen LogP contribution in [-0.2, 0) is 6.54 Å². The van der Waals surface area contributed by atoms with Crippen molar-refractivity contribution >= 4 is 21.6 Å². The van der Waals surface area contributed by atoms with E-state index in [2.05, 4.69) is 41.1 Å². The van der Waals surface area contributed by atoms with E-state index >= 15 is 0 Å². The monoisotopic (exact) mass is 294 g/mol. The first-order valence-corrected chi connectivity index (χ1v) is 7.83. The minimum Gasteiger partial charge on any atom is -0.310 e. The lowest BCUT2D eigenvalue weighted by molar-refractivity contribution is 0.269. The smallest absolute Gasteiger partial charge is 0.268 e. The van der Waals surface area contributed by atoms with Gasteiger partial charge in [0.1, 0.15) is 10.5 Å². The molecule has 0 spiro atoms. The van der Waals surface area contributed by atoms with E-state index in [4.69, 9.17) is 0 Å². The molecule has 0 saturated heterocycles. The second-order valence-corrected chi connectivity index (χ2v) is 6.17. The molecule has 0 unspecified atom stereocenters. The molecular weight excluding hydrogens is 272 g/mol. The molecule has 0 saturated carbocycles. The van der Waals surface area contributed by atoms with Gasteiger partial charge in [-0.3, -0.25) is 4.79 Å². The van der Waals surface area contributed by atoms with Crippen molar-refractivity contribution in [3.05, 3.63) is 27.6 Å². The van der Waals surface area contributed by atoms with Crippen LogP contribution in [-0.4, -0.2) is 41.0 Å². The zero-order chi connectivity index (χ0) is 14.5. The lowest BCUT2D eigenvalue weighted by Gasteiger charge is -2.20. The fourth-order valence-electron chi connectivity index (χ4n) is 1.92. The summed E-state index contributed by atoms with van der Waals surface area (Å²) in [7, 11) is 2.13. The molecule has 0 aromatic carbocycles. The number of nitrogens with one attached hydrogen (secondary N) is 2. The summed E-state index contributed by atoms with van der Waals surface area (Å²) < 4.78 is 0.701. The first-order chi connectivity index (χ1) is 9.58. The molecular formula is C14H22N4OS. The van der Waals surface area contributed by atoms with Crippen molar-refractivity contribution < 1.29 is 0 Å². The Morgan fingerprint density at radius 2 is 2.30 bits per heavy atom. The molecule has 0 bridgehead atoms. The molecule has 6 heteroatoms. The van der Waals surface area contributed by atoms with Crippen LogP contribution in [0.5, 0.6) is 0 Å². The van der Waals surface area contributed by atoms with Gasteiger partial charge in [-0.15, -0.1) is 11.3 Å². The summed E-state index contributed by atoms with van der Waals surface area (Å²) in [6, 6.07) is 2.46. The maximum Gasteiger partial charge on any atom is 0.268 e. The summed E-state index contributed by atoms with van der Waals surface area (Å²) in [5, 5.41) is 5.22. The minimum absolute atomic E-state index is 0.0404. The molecule has 2 aromatic heterocycles. The van der Waals surface area contributed by atoms with Crippen LogP contribution < -0.4 is 10.9 Å². The fraction of sp³-hybridized carbons (Fsp3) is 0.571. The third kappa shape index (κ3) is 3.88. The van der Waals surface area contributed by atoms with Crippen LogP contribution in [0.3, 0.4) is 0 Å². The number of nitrogens with zero attached hydrogens (tertiary/aromatic N) is 2. The van der Waals surface area contributed by atoms with Crippen LogP contribution >= 0.6 is 11.3 Å². The van der Waals surface area contributed by atoms with Gasteiger partial charge in [0.25, 0.3) is 5.56 Å². The van der Waals surface area contributed by atoms with E-state index < -0.39 is 0 Å². The lowest BCUT2D eigenvalue weighted by Crippen LogP contribution is -2.29. The van der Waals surface area contributed by atoms with Crippen molar-refractivity contribution in [1.29, 1.82) is 0 Å². The van der Waals surface area contributed by atoms with Gasteiger partial charge in [-0.05, 0) is 51.9 Å². The van der Waals surface area contributed by atoms with Crippen LogP contribution in [0.1, 0.15) is 26.1 Å². The quantitative estimate of drug-likeness (QED) is 0.765. The number of thiophene rings is 1. The molecule has 0 aliphatic carbocycles. The van der Waals surface area contributed by atoms with Crippen molar-refractivity contribution in [2.45, 2.75) is 32.9 Å². The Kier molecular flexibility index (Phi) is 5.28. The van der Waals surface area contributed by atoms with Gasteiger partial charge >= 0.3 is 0 Å². The van der Waals surface area contributed by atoms with Crippen molar-refractivity contribution in [3.63, 3.8) is 0 Å². The molecule has 0 aliphatic heterocycles. The molecule has 0 atom stereocenters. The Bertz CT molecular complexity index is 604. The zero-order valence-electron chi connectivity index (χ0n) is 12.3. The van der Waals surface area contributed by atoms with Crippen LogP contribution in [0.25, 0.3) is 10.2 Å². The van der Waals surface area contributed by atoms with Gasteiger partial charge in [0, 0.05) is 6.04 Å². The minimum atomic E-state index is -0.0404. The number of H-pyrrole nitrogens is 1. The Balaban J connectivity index is 1.80. The first-order valence-electron chi connectivity index (χ1n) is 6.95. The van der Waals surface area contributed by atoms with E-state index in [0.717, 1.165) is 25.0 Å². The van der Waals surface area contributed by atoms with Crippen molar-refractivity contribution in [3.8, 4) is 0 Å². The number of fused-ring (bicyclic) bond motifs is 1. The van der Waals surface area contributed by atoms with Gasteiger partial charge in [-0.1, -0.05) is 0 Å². The summed E-state index contributed by atoms with van der Waals surface area (Å²) in [6.07, 6.45) is 1.08. The number of hydrogen-bond acceptors (Lipinski definition) is 5. The van der Waals surface area contributed by atoms with Gasteiger partial charge in [0.15, 0.2) is 0 Å². The van der Waals surface area contributed by atoms with E-state index in [1.807, 2.05) is 11.4 Å². The van der Waals surface area contributed by atoms with Crippen molar-refractivity contribution in [2.24, 2.45) is 0 Å². The summed E-state index contributed by atoms with van der Waals surface area (Å²) in [6.45, 7) is 6.98. The molecule has 20 heavy (non-hydrogen) atoms. The van der Waals surface area contributed by atoms with Crippen molar-refractivity contribution in [2.75, 3.05) is 20.1 Å². The Labute approximate surface area is 123 Å². The number of rotatable bonds is 7. The van der Waals surface area contributed by atoms with Crippen LogP contribution in [0, 0.1) is 0 Å². The fourth-order valence-corrected chi connectivity index (χ4v) is 2.65. The second kappa shape index (κ2) is 6.97. The summed E-state index contributed by atoms with van der Waals surface area (Å²) in [5.74, 6) is 0.707. The zero-order valence-corrected chi connectivity index (χ0v) is 13.1.